The van der Waals surface area contributed by atoms with Crippen LogP contribution in [0.4, 0.5) is 10.6 Å². The van der Waals surface area contributed by atoms with Crippen LogP contribution in [0.5, 0.6) is 11.6 Å². The molecule has 5 atom stereocenters. The molecule has 2 saturated carbocycles. The summed E-state index contributed by atoms with van der Waals surface area (Å²) in [6, 6.07) is 5.28. The van der Waals surface area contributed by atoms with Gasteiger partial charge in [0.1, 0.15) is 40.9 Å². The van der Waals surface area contributed by atoms with Crippen molar-refractivity contribution in [2.24, 2.45) is 5.92 Å². The first-order valence-corrected chi connectivity index (χ1v) is 20.2. The second-order valence-corrected chi connectivity index (χ2v) is 17.9. The lowest BCUT2D eigenvalue weighted by Gasteiger charge is -2.30. The number of anilines is 1. The van der Waals surface area contributed by atoms with Gasteiger partial charge in [-0.2, -0.15) is 4.98 Å². The third-order valence-corrected chi connectivity index (χ3v) is 12.1. The summed E-state index contributed by atoms with van der Waals surface area (Å²) in [5, 5.41) is 6.52. The van der Waals surface area contributed by atoms with Gasteiger partial charge >= 0.3 is 6.09 Å². The standard InChI is InChI=1S/C38H52N6O9S/c1-37(2,3)53-36(48)39-29-13-11-9-7-8-10-12-24-21-38(24,35(47)42-54(49,50)27-15-16-27)41-32(45)30-20-26(22-44(30)34(29)46)52-33-28-17-14-25(51-6)18-23(28)19-31(40-33)43(4)5/h10,12,14,17-19,24,26-27,29-30H,7-9,11,13,15-16,20-22H2,1-6H3,(H,39,48)(H,41,45)(H,42,47)/b12-10-/t24?,26?,29-,30-,38+/m0/s1. The van der Waals surface area contributed by atoms with E-state index in [1.165, 1.54) is 4.90 Å². The molecule has 3 heterocycles. The predicted molar refractivity (Wildman–Crippen MR) is 202 cm³/mol. The maximum absolute atomic E-state index is 14.5. The summed E-state index contributed by atoms with van der Waals surface area (Å²) in [7, 11) is 1.40. The molecule has 3 fully saturated rings. The van der Waals surface area contributed by atoms with Gasteiger partial charge in [-0.05, 0) is 88.9 Å². The highest BCUT2D eigenvalue weighted by Gasteiger charge is 2.62. The van der Waals surface area contributed by atoms with Crippen LogP contribution in [-0.2, 0) is 29.1 Å². The van der Waals surface area contributed by atoms with Gasteiger partial charge in [-0.1, -0.05) is 25.0 Å². The maximum atomic E-state index is 14.5. The van der Waals surface area contributed by atoms with E-state index in [9.17, 15) is 27.6 Å². The van der Waals surface area contributed by atoms with Gasteiger partial charge in [0.15, 0.2) is 0 Å². The van der Waals surface area contributed by atoms with E-state index in [1.807, 2.05) is 49.3 Å². The number of hydrogen-bond acceptors (Lipinski definition) is 11. The van der Waals surface area contributed by atoms with E-state index in [4.69, 9.17) is 19.2 Å². The third-order valence-electron chi connectivity index (χ3n) is 10.3. The van der Waals surface area contributed by atoms with Gasteiger partial charge < -0.3 is 34.6 Å². The van der Waals surface area contributed by atoms with Crippen molar-refractivity contribution in [3.05, 3.63) is 36.4 Å². The van der Waals surface area contributed by atoms with Crippen LogP contribution in [0.2, 0.25) is 0 Å². The summed E-state index contributed by atoms with van der Waals surface area (Å²) in [4.78, 5) is 63.7. The minimum atomic E-state index is -3.89. The lowest BCUT2D eigenvalue weighted by atomic mass is 10.0. The highest BCUT2D eigenvalue weighted by molar-refractivity contribution is 7.91. The number of benzene rings is 1. The van der Waals surface area contributed by atoms with E-state index in [2.05, 4.69) is 15.4 Å². The van der Waals surface area contributed by atoms with Gasteiger partial charge in [0.25, 0.3) is 5.91 Å². The number of hydrogen-bond donors (Lipinski definition) is 3. The molecule has 2 aliphatic heterocycles. The normalized spacial score (nSPS) is 27.0. The van der Waals surface area contributed by atoms with Crippen molar-refractivity contribution in [2.45, 2.75) is 113 Å². The topological polar surface area (TPSA) is 186 Å². The number of methoxy groups -OCH3 is 1. The number of alkyl carbamates (subject to hydrolysis) is 1. The summed E-state index contributed by atoms with van der Waals surface area (Å²) < 4.78 is 45.4. The number of rotatable bonds is 8. The number of fused-ring (bicyclic) bond motifs is 3. The molecular weight excluding hydrogens is 717 g/mol. The second-order valence-electron chi connectivity index (χ2n) is 16.0. The molecule has 6 rings (SSSR count). The Kier molecular flexibility index (Phi) is 11.1. The summed E-state index contributed by atoms with van der Waals surface area (Å²) >= 11 is 0. The molecule has 1 saturated heterocycles. The number of carbonyl (C=O) groups is 4. The fraction of sp³-hybridized carbons (Fsp3) is 0.605. The summed E-state index contributed by atoms with van der Waals surface area (Å²) in [5.74, 6) is -0.764. The number of allylic oxidation sites excluding steroid dienone is 1. The van der Waals surface area contributed by atoms with Crippen molar-refractivity contribution in [2.75, 3.05) is 32.6 Å². The molecule has 0 bridgehead atoms. The Hall–Kier alpha value is -4.60. The molecule has 16 heteroatoms. The van der Waals surface area contributed by atoms with Crippen LogP contribution in [0, 0.1) is 5.92 Å². The lowest BCUT2D eigenvalue weighted by Crippen LogP contribution is -2.58. The molecule has 2 aliphatic carbocycles. The first-order chi connectivity index (χ1) is 25.5. The number of nitrogens with one attached hydrogen (secondary N) is 3. The number of nitrogens with zero attached hydrogens (tertiary/aromatic N) is 3. The monoisotopic (exact) mass is 768 g/mol. The zero-order valence-electron chi connectivity index (χ0n) is 31.8. The Balaban J connectivity index is 1.34. The summed E-state index contributed by atoms with van der Waals surface area (Å²) in [5.41, 5.74) is -2.31. The number of amides is 4. The molecule has 0 spiro atoms. The van der Waals surface area contributed by atoms with Gasteiger partial charge in [0.2, 0.25) is 27.7 Å². The average Bonchev–Trinajstić information content (AvgIpc) is 4.02. The Morgan fingerprint density at radius 3 is 2.52 bits per heavy atom. The van der Waals surface area contributed by atoms with Gasteiger partial charge in [-0.25, -0.2) is 13.2 Å². The maximum Gasteiger partial charge on any atom is 0.408 e. The lowest BCUT2D eigenvalue weighted by molar-refractivity contribution is -0.141. The molecule has 15 nitrogen and oxygen atoms in total. The van der Waals surface area contributed by atoms with Crippen LogP contribution in [-0.4, -0.2) is 104 Å². The predicted octanol–water partition coefficient (Wildman–Crippen LogP) is 3.55. The average molecular weight is 769 g/mol. The van der Waals surface area contributed by atoms with E-state index < -0.39 is 74.3 Å². The van der Waals surface area contributed by atoms with E-state index in [-0.39, 0.29) is 19.4 Å². The van der Waals surface area contributed by atoms with Crippen molar-refractivity contribution in [1.29, 1.82) is 0 Å². The fourth-order valence-corrected chi connectivity index (χ4v) is 8.46. The highest BCUT2D eigenvalue weighted by Crippen LogP contribution is 2.46. The first kappa shape index (κ1) is 39.1. The number of aromatic nitrogens is 1. The minimum Gasteiger partial charge on any atom is -0.497 e. The van der Waals surface area contributed by atoms with Gasteiger partial charge in [-0.3, -0.25) is 19.1 Å². The quantitative estimate of drug-likeness (QED) is 0.334. The van der Waals surface area contributed by atoms with Crippen LogP contribution in [0.25, 0.3) is 10.8 Å². The molecule has 4 amide bonds. The van der Waals surface area contributed by atoms with Gasteiger partial charge in [0, 0.05) is 31.8 Å². The Bertz CT molecular complexity index is 1930. The van der Waals surface area contributed by atoms with Crippen LogP contribution < -0.4 is 29.7 Å². The Morgan fingerprint density at radius 2 is 1.83 bits per heavy atom. The van der Waals surface area contributed by atoms with Crippen LogP contribution >= 0.6 is 0 Å². The SMILES string of the molecule is COc1ccc2c(OC3C[C@H]4C(=O)N[C@]5(C(=O)NS(=O)(=O)C6CC6)CC5/C=C\CCCCC[C@H](NC(=O)OC(C)(C)C)C(=O)N4C3)nc(N(C)C)cc2c1. The van der Waals surface area contributed by atoms with Crippen LogP contribution in [0.15, 0.2) is 36.4 Å². The number of sulfonamides is 1. The van der Waals surface area contributed by atoms with Crippen molar-refractivity contribution in [1.82, 2.24) is 25.2 Å². The van der Waals surface area contributed by atoms with E-state index in [0.717, 1.165) is 18.2 Å². The third kappa shape index (κ3) is 8.85. The molecule has 1 aromatic carbocycles. The van der Waals surface area contributed by atoms with Crippen molar-refractivity contribution >= 4 is 50.4 Å². The van der Waals surface area contributed by atoms with E-state index in [1.54, 1.807) is 33.9 Å². The fourth-order valence-electron chi connectivity index (χ4n) is 7.09. The number of carbonyl (C=O) groups excluding carboxylic acids is 4. The molecule has 54 heavy (non-hydrogen) atoms. The summed E-state index contributed by atoms with van der Waals surface area (Å²) in [6.45, 7) is 5.17. The summed E-state index contributed by atoms with van der Waals surface area (Å²) in [6.07, 6.45) is 6.72. The molecule has 294 valence electrons. The molecule has 3 N–H and O–H groups in total. The van der Waals surface area contributed by atoms with Crippen LogP contribution in [0.1, 0.15) is 78.6 Å². The molecule has 1 aromatic heterocycles. The zero-order valence-corrected chi connectivity index (χ0v) is 32.7. The van der Waals surface area contributed by atoms with E-state index in [0.29, 0.717) is 54.9 Å². The van der Waals surface area contributed by atoms with Crippen LogP contribution in [0.3, 0.4) is 0 Å². The van der Waals surface area contributed by atoms with Gasteiger partial charge in [0.05, 0.1) is 18.9 Å². The Labute approximate surface area is 316 Å². The Morgan fingerprint density at radius 1 is 1.07 bits per heavy atom. The van der Waals surface area contributed by atoms with Crippen molar-refractivity contribution < 1.29 is 41.8 Å². The minimum absolute atomic E-state index is 0.0203. The zero-order chi connectivity index (χ0) is 39.0. The largest absolute Gasteiger partial charge is 0.497 e. The number of ether oxygens (including phenoxy) is 3. The highest BCUT2D eigenvalue weighted by atomic mass is 32.2. The smallest absolute Gasteiger partial charge is 0.408 e. The molecule has 4 aliphatic rings. The number of pyridine rings is 1. The first-order valence-electron chi connectivity index (χ1n) is 18.7. The second kappa shape index (κ2) is 15.3. The van der Waals surface area contributed by atoms with Gasteiger partial charge in [-0.15, -0.1) is 0 Å². The van der Waals surface area contributed by atoms with Crippen molar-refractivity contribution in [3.8, 4) is 11.6 Å². The molecule has 0 radical (unpaired) electrons. The molecule has 2 aromatic rings. The molecule has 2 unspecified atom stereocenters. The van der Waals surface area contributed by atoms with E-state index >= 15 is 0 Å². The molecular formula is C38H52N6O9S. The van der Waals surface area contributed by atoms with Crippen molar-refractivity contribution in [3.63, 3.8) is 0 Å².